The van der Waals surface area contributed by atoms with Crippen molar-refractivity contribution in [1.82, 2.24) is 0 Å². The van der Waals surface area contributed by atoms with Crippen molar-refractivity contribution in [2.45, 2.75) is 361 Å². The molecule has 0 saturated heterocycles. The molecule has 0 saturated carbocycles. The van der Waals surface area contributed by atoms with E-state index in [0.717, 1.165) is 63.7 Å². The lowest BCUT2D eigenvalue weighted by Crippen LogP contribution is -2.30. The number of carbonyl (C=O) groups excluding carboxylic acids is 3. The quantitative estimate of drug-likeness (QED) is 0.0343. The summed E-state index contributed by atoms with van der Waals surface area (Å²) in [6.07, 6.45) is 62.4. The molecule has 0 radical (unpaired) electrons. The summed E-state index contributed by atoms with van der Waals surface area (Å²) in [5, 5.41) is 0. The Kier molecular flexibility index (Phi) is 55.0. The number of unbranched alkanes of at least 4 members (excludes halogenated alkanes) is 44. The molecule has 0 amide bonds. The van der Waals surface area contributed by atoms with Crippen LogP contribution < -0.4 is 0 Å². The molecule has 1 atom stereocenters. The number of hydrogen-bond acceptors (Lipinski definition) is 6. The molecule has 0 aliphatic rings. The molecule has 68 heavy (non-hydrogen) atoms. The van der Waals surface area contributed by atoms with Crippen LogP contribution in [-0.2, 0) is 28.6 Å². The first-order chi connectivity index (χ1) is 33.4. The smallest absolute Gasteiger partial charge is 0.306 e. The normalized spacial score (nSPS) is 12.0. The summed E-state index contributed by atoms with van der Waals surface area (Å²) < 4.78 is 16.9. The topological polar surface area (TPSA) is 78.9 Å². The third-order valence-corrected chi connectivity index (χ3v) is 14.3. The Morgan fingerprint density at radius 1 is 0.279 bits per heavy atom. The van der Waals surface area contributed by atoms with Crippen molar-refractivity contribution < 1.29 is 28.6 Å². The van der Waals surface area contributed by atoms with Crippen molar-refractivity contribution >= 4 is 17.9 Å². The van der Waals surface area contributed by atoms with E-state index in [-0.39, 0.29) is 31.1 Å². The maximum absolute atomic E-state index is 12.9. The zero-order chi connectivity index (χ0) is 49.5. The molecular weight excluding hydrogens is 841 g/mol. The van der Waals surface area contributed by atoms with Crippen molar-refractivity contribution in [1.29, 1.82) is 0 Å². The van der Waals surface area contributed by atoms with Gasteiger partial charge < -0.3 is 14.2 Å². The molecule has 0 heterocycles. The minimum Gasteiger partial charge on any atom is -0.462 e. The SMILES string of the molecule is CCCCCCCCCCCCCCCCCCCCC(=O)OC[C@H](COC(=O)CCCCCCCCCCCCCC(C)C)OC(=O)CCCCCCCCCCCCCCCCCCCC. The van der Waals surface area contributed by atoms with Gasteiger partial charge in [-0.2, -0.15) is 0 Å². The van der Waals surface area contributed by atoms with E-state index in [2.05, 4.69) is 27.7 Å². The average molecular weight is 962 g/mol. The van der Waals surface area contributed by atoms with Gasteiger partial charge in [-0.15, -0.1) is 0 Å². The zero-order valence-corrected chi connectivity index (χ0v) is 46.6. The van der Waals surface area contributed by atoms with E-state index in [1.165, 1.54) is 250 Å². The molecule has 0 fully saturated rings. The van der Waals surface area contributed by atoms with Crippen molar-refractivity contribution in [2.75, 3.05) is 13.2 Å². The van der Waals surface area contributed by atoms with E-state index in [4.69, 9.17) is 14.2 Å². The third-order valence-electron chi connectivity index (χ3n) is 14.3. The second-order valence-corrected chi connectivity index (χ2v) is 21.8. The molecule has 404 valence electrons. The van der Waals surface area contributed by atoms with Gasteiger partial charge in [0.15, 0.2) is 6.10 Å². The fourth-order valence-electron chi connectivity index (χ4n) is 9.63. The fraction of sp³-hybridized carbons (Fsp3) is 0.952. The molecule has 0 aliphatic heterocycles. The second-order valence-electron chi connectivity index (χ2n) is 21.8. The first-order valence-corrected chi connectivity index (χ1v) is 30.9. The molecule has 0 rings (SSSR count). The van der Waals surface area contributed by atoms with Crippen LogP contribution in [0.15, 0.2) is 0 Å². The average Bonchev–Trinajstić information content (AvgIpc) is 3.32. The van der Waals surface area contributed by atoms with Gasteiger partial charge in [-0.05, 0) is 25.2 Å². The van der Waals surface area contributed by atoms with Gasteiger partial charge in [-0.25, -0.2) is 0 Å². The van der Waals surface area contributed by atoms with E-state index in [0.29, 0.717) is 19.3 Å². The largest absolute Gasteiger partial charge is 0.462 e. The molecule has 0 N–H and O–H groups in total. The van der Waals surface area contributed by atoms with Gasteiger partial charge in [0, 0.05) is 19.3 Å². The van der Waals surface area contributed by atoms with Crippen LogP contribution >= 0.6 is 0 Å². The minimum absolute atomic E-state index is 0.0615. The molecule has 6 nitrogen and oxygen atoms in total. The highest BCUT2D eigenvalue weighted by Crippen LogP contribution is 2.18. The molecule has 0 aliphatic carbocycles. The number of rotatable bonds is 57. The second kappa shape index (κ2) is 56.3. The summed E-state index contributed by atoms with van der Waals surface area (Å²) >= 11 is 0. The molecule has 0 aromatic heterocycles. The van der Waals surface area contributed by atoms with E-state index in [9.17, 15) is 14.4 Å². The van der Waals surface area contributed by atoms with Crippen LogP contribution in [0.3, 0.4) is 0 Å². The Morgan fingerprint density at radius 3 is 0.721 bits per heavy atom. The van der Waals surface area contributed by atoms with Crippen LogP contribution in [0.1, 0.15) is 355 Å². The van der Waals surface area contributed by atoms with Gasteiger partial charge in [0.2, 0.25) is 0 Å². The standard InChI is InChI=1S/C62H120O6/c1-5-7-9-11-13-15-17-19-21-23-25-27-29-33-37-41-45-49-53-60(63)66-56-59(57-67-61(64)54-50-46-42-38-35-31-32-36-40-44-48-52-58(3)4)68-62(65)55-51-47-43-39-34-30-28-26-24-22-20-18-16-14-12-10-8-6-2/h58-59H,5-57H2,1-4H3/t59-/m1/s1. The minimum atomic E-state index is -0.763. The Hall–Kier alpha value is -1.59. The summed E-state index contributed by atoms with van der Waals surface area (Å²) in [4.78, 5) is 38.2. The number of ether oxygens (including phenoxy) is 3. The van der Waals surface area contributed by atoms with Gasteiger partial charge in [0.1, 0.15) is 13.2 Å². The van der Waals surface area contributed by atoms with Crippen molar-refractivity contribution in [3.05, 3.63) is 0 Å². The van der Waals surface area contributed by atoms with Crippen LogP contribution in [0, 0.1) is 5.92 Å². The first-order valence-electron chi connectivity index (χ1n) is 30.9. The molecule has 0 aromatic carbocycles. The lowest BCUT2D eigenvalue weighted by atomic mass is 10.0. The van der Waals surface area contributed by atoms with Crippen LogP contribution in [-0.4, -0.2) is 37.2 Å². The summed E-state index contributed by atoms with van der Waals surface area (Å²) in [5.41, 5.74) is 0. The van der Waals surface area contributed by atoms with Crippen LogP contribution in [0.4, 0.5) is 0 Å². The maximum Gasteiger partial charge on any atom is 0.306 e. The molecule has 0 unspecified atom stereocenters. The molecule has 6 heteroatoms. The lowest BCUT2D eigenvalue weighted by Gasteiger charge is -2.18. The predicted octanol–water partition coefficient (Wildman–Crippen LogP) is 20.6. The molecule has 0 spiro atoms. The Balaban J connectivity index is 4.28. The van der Waals surface area contributed by atoms with Gasteiger partial charge in [-0.3, -0.25) is 14.4 Å². The monoisotopic (exact) mass is 961 g/mol. The van der Waals surface area contributed by atoms with Crippen molar-refractivity contribution in [2.24, 2.45) is 5.92 Å². The third kappa shape index (κ3) is 55.3. The van der Waals surface area contributed by atoms with E-state index >= 15 is 0 Å². The fourth-order valence-corrected chi connectivity index (χ4v) is 9.63. The molecule has 0 bridgehead atoms. The highest BCUT2D eigenvalue weighted by atomic mass is 16.6. The highest BCUT2D eigenvalue weighted by molar-refractivity contribution is 5.71. The molecular formula is C62H120O6. The van der Waals surface area contributed by atoms with Crippen molar-refractivity contribution in [3.63, 3.8) is 0 Å². The molecule has 0 aromatic rings. The van der Waals surface area contributed by atoms with Gasteiger partial charge in [-0.1, -0.05) is 317 Å². The van der Waals surface area contributed by atoms with E-state index < -0.39 is 6.10 Å². The summed E-state index contributed by atoms with van der Waals surface area (Å²) in [7, 11) is 0. The Labute approximate surface area is 425 Å². The van der Waals surface area contributed by atoms with Crippen LogP contribution in [0.5, 0.6) is 0 Å². The van der Waals surface area contributed by atoms with Crippen LogP contribution in [0.2, 0.25) is 0 Å². The summed E-state index contributed by atoms with van der Waals surface area (Å²) in [6, 6.07) is 0. The van der Waals surface area contributed by atoms with Gasteiger partial charge >= 0.3 is 17.9 Å². The van der Waals surface area contributed by atoms with Gasteiger partial charge in [0.05, 0.1) is 0 Å². The highest BCUT2D eigenvalue weighted by Gasteiger charge is 2.19. The number of esters is 3. The zero-order valence-electron chi connectivity index (χ0n) is 46.6. The number of hydrogen-bond donors (Lipinski definition) is 0. The van der Waals surface area contributed by atoms with E-state index in [1.54, 1.807) is 0 Å². The predicted molar refractivity (Wildman–Crippen MR) is 293 cm³/mol. The summed E-state index contributed by atoms with van der Waals surface area (Å²) in [5.74, 6) is -0.00434. The maximum atomic E-state index is 12.9. The Bertz CT molecular complexity index is 1030. The summed E-state index contributed by atoms with van der Waals surface area (Å²) in [6.45, 7) is 9.07. The van der Waals surface area contributed by atoms with Gasteiger partial charge in [0.25, 0.3) is 0 Å². The van der Waals surface area contributed by atoms with E-state index in [1.807, 2.05) is 0 Å². The van der Waals surface area contributed by atoms with Crippen molar-refractivity contribution in [3.8, 4) is 0 Å². The number of carbonyl (C=O) groups is 3. The lowest BCUT2D eigenvalue weighted by molar-refractivity contribution is -0.167. The Morgan fingerprint density at radius 2 is 0.485 bits per heavy atom. The van der Waals surface area contributed by atoms with Crippen LogP contribution in [0.25, 0.3) is 0 Å². The first kappa shape index (κ1) is 66.4.